The van der Waals surface area contributed by atoms with Crippen molar-refractivity contribution < 1.29 is 14.3 Å². The summed E-state index contributed by atoms with van der Waals surface area (Å²) >= 11 is 0. The maximum absolute atomic E-state index is 12.3. The highest BCUT2D eigenvalue weighted by atomic mass is 16.3. The van der Waals surface area contributed by atoms with Gasteiger partial charge in [0.1, 0.15) is 5.76 Å². The molecule has 0 bridgehead atoms. The first-order valence-corrected chi connectivity index (χ1v) is 7.86. The van der Waals surface area contributed by atoms with Crippen LogP contribution in [0.25, 0.3) is 0 Å². The van der Waals surface area contributed by atoms with Crippen molar-refractivity contribution in [1.82, 2.24) is 14.7 Å². The average molecular weight is 309 g/mol. The summed E-state index contributed by atoms with van der Waals surface area (Å²) in [6, 6.07) is 4.06. The monoisotopic (exact) mass is 309 g/mol. The summed E-state index contributed by atoms with van der Waals surface area (Å²) in [6.45, 7) is 8.19. The highest BCUT2D eigenvalue weighted by Crippen LogP contribution is 2.11. The number of aliphatic hydroxyl groups excluding tert-OH is 1. The van der Waals surface area contributed by atoms with Gasteiger partial charge in [-0.3, -0.25) is 14.6 Å². The van der Waals surface area contributed by atoms with E-state index in [-0.39, 0.29) is 12.0 Å². The summed E-state index contributed by atoms with van der Waals surface area (Å²) in [7, 11) is 1.80. The smallest absolute Gasteiger partial charge is 0.236 e. The number of aliphatic hydroxyl groups is 1. The molecular weight excluding hydrogens is 282 g/mol. The van der Waals surface area contributed by atoms with Crippen molar-refractivity contribution in [2.24, 2.45) is 0 Å². The molecule has 0 spiro atoms. The first-order chi connectivity index (χ1) is 10.5. The third-order valence-electron chi connectivity index (χ3n) is 4.11. The van der Waals surface area contributed by atoms with Gasteiger partial charge in [0.05, 0.1) is 25.5 Å². The molecule has 0 radical (unpaired) electrons. The van der Waals surface area contributed by atoms with Crippen LogP contribution in [0.4, 0.5) is 0 Å². The van der Waals surface area contributed by atoms with Crippen LogP contribution in [0.15, 0.2) is 22.8 Å². The number of nitrogens with zero attached hydrogens (tertiary/aromatic N) is 3. The molecule has 22 heavy (non-hydrogen) atoms. The molecule has 1 amide bonds. The molecule has 0 unspecified atom stereocenters. The lowest BCUT2D eigenvalue weighted by atomic mass is 10.1. The Morgan fingerprint density at radius 3 is 2.91 bits per heavy atom. The van der Waals surface area contributed by atoms with Crippen molar-refractivity contribution in [3.05, 3.63) is 24.2 Å². The number of β-amino-alcohol motifs (C(OH)–C–C–N with tert-alkyl or cyclic N) is 1. The van der Waals surface area contributed by atoms with Crippen LogP contribution in [-0.2, 0) is 11.3 Å². The van der Waals surface area contributed by atoms with Crippen LogP contribution in [0.3, 0.4) is 0 Å². The number of rotatable bonds is 6. The normalized spacial score (nSPS) is 21.7. The minimum atomic E-state index is -0.310. The van der Waals surface area contributed by atoms with Crippen molar-refractivity contribution in [3.63, 3.8) is 0 Å². The predicted molar refractivity (Wildman–Crippen MR) is 84.3 cm³/mol. The number of piperazine rings is 1. The van der Waals surface area contributed by atoms with E-state index in [1.54, 1.807) is 18.2 Å². The maximum Gasteiger partial charge on any atom is 0.236 e. The fourth-order valence-corrected chi connectivity index (χ4v) is 2.86. The van der Waals surface area contributed by atoms with Gasteiger partial charge in [0.15, 0.2) is 0 Å². The van der Waals surface area contributed by atoms with E-state index in [1.165, 1.54) is 0 Å². The Balaban J connectivity index is 1.78. The molecule has 2 atom stereocenters. The maximum atomic E-state index is 12.3. The van der Waals surface area contributed by atoms with Gasteiger partial charge in [-0.1, -0.05) is 0 Å². The van der Waals surface area contributed by atoms with Gasteiger partial charge in [-0.05, 0) is 26.0 Å². The zero-order valence-electron chi connectivity index (χ0n) is 13.7. The van der Waals surface area contributed by atoms with Crippen molar-refractivity contribution in [2.75, 3.05) is 39.8 Å². The van der Waals surface area contributed by atoms with E-state index in [1.807, 2.05) is 19.1 Å². The molecule has 0 aromatic carbocycles. The minimum absolute atomic E-state index is 0.104. The Labute approximate surface area is 132 Å². The predicted octanol–water partition coefficient (Wildman–Crippen LogP) is 0.625. The standard InChI is InChI=1S/C16H27N3O3/c1-13-9-18(6-7-19(13)10-14(2)20)12-16(21)17(3)11-15-5-4-8-22-15/h4-5,8,13-14,20H,6-7,9-12H2,1-3H3/t13-,14-/m0/s1. The van der Waals surface area contributed by atoms with E-state index in [9.17, 15) is 9.90 Å². The van der Waals surface area contributed by atoms with Crippen LogP contribution < -0.4 is 0 Å². The van der Waals surface area contributed by atoms with Crippen LogP contribution in [0.1, 0.15) is 19.6 Å². The second kappa shape index (κ2) is 7.76. The van der Waals surface area contributed by atoms with Gasteiger partial charge in [0, 0.05) is 39.3 Å². The first-order valence-electron chi connectivity index (χ1n) is 7.86. The van der Waals surface area contributed by atoms with Crippen LogP contribution in [0, 0.1) is 0 Å². The van der Waals surface area contributed by atoms with Crippen molar-refractivity contribution in [2.45, 2.75) is 32.5 Å². The van der Waals surface area contributed by atoms with E-state index in [0.717, 1.165) is 25.4 Å². The molecule has 1 saturated heterocycles. The fourth-order valence-electron chi connectivity index (χ4n) is 2.86. The molecule has 1 aliphatic rings. The molecule has 2 rings (SSSR count). The number of furan rings is 1. The molecule has 0 aliphatic carbocycles. The number of amides is 1. The number of hydrogen-bond acceptors (Lipinski definition) is 5. The van der Waals surface area contributed by atoms with Crippen molar-refractivity contribution in [1.29, 1.82) is 0 Å². The number of carbonyl (C=O) groups excluding carboxylic acids is 1. The van der Waals surface area contributed by atoms with E-state index < -0.39 is 0 Å². The lowest BCUT2D eigenvalue weighted by molar-refractivity contribution is -0.132. The molecule has 6 heteroatoms. The number of likely N-dealkylation sites (N-methyl/N-ethyl adjacent to an activating group) is 1. The topological polar surface area (TPSA) is 60.2 Å². The summed E-state index contributed by atoms with van der Waals surface area (Å²) in [4.78, 5) is 18.5. The number of hydrogen-bond donors (Lipinski definition) is 1. The van der Waals surface area contributed by atoms with Crippen molar-refractivity contribution in [3.8, 4) is 0 Å². The van der Waals surface area contributed by atoms with Crippen LogP contribution in [0.2, 0.25) is 0 Å². The molecule has 2 heterocycles. The van der Waals surface area contributed by atoms with E-state index >= 15 is 0 Å². The lowest BCUT2D eigenvalue weighted by Crippen LogP contribution is -2.55. The molecule has 1 aromatic rings. The van der Waals surface area contributed by atoms with Crippen LogP contribution in [0.5, 0.6) is 0 Å². The van der Waals surface area contributed by atoms with Gasteiger partial charge in [0.2, 0.25) is 5.91 Å². The fraction of sp³-hybridized carbons (Fsp3) is 0.688. The Morgan fingerprint density at radius 2 is 2.32 bits per heavy atom. The summed E-state index contributed by atoms with van der Waals surface area (Å²) in [6.07, 6.45) is 1.31. The average Bonchev–Trinajstić information content (AvgIpc) is 2.94. The highest BCUT2D eigenvalue weighted by Gasteiger charge is 2.26. The zero-order valence-corrected chi connectivity index (χ0v) is 13.7. The third-order valence-corrected chi connectivity index (χ3v) is 4.11. The molecule has 1 N–H and O–H groups in total. The molecule has 1 aliphatic heterocycles. The van der Waals surface area contributed by atoms with Crippen molar-refractivity contribution >= 4 is 5.91 Å². The first kappa shape index (κ1) is 17.0. The Morgan fingerprint density at radius 1 is 1.55 bits per heavy atom. The molecule has 124 valence electrons. The minimum Gasteiger partial charge on any atom is -0.467 e. The molecule has 1 aromatic heterocycles. The SMILES string of the molecule is C[C@H](O)CN1CCN(CC(=O)N(C)Cc2ccco2)C[C@@H]1C. The van der Waals surface area contributed by atoms with Crippen LogP contribution in [-0.4, -0.2) is 77.6 Å². The summed E-state index contributed by atoms with van der Waals surface area (Å²) in [5.41, 5.74) is 0. The quantitative estimate of drug-likeness (QED) is 0.835. The Bertz CT molecular complexity index is 461. The Kier molecular flexibility index (Phi) is 5.99. The molecular formula is C16H27N3O3. The van der Waals surface area contributed by atoms with Gasteiger partial charge in [-0.15, -0.1) is 0 Å². The number of carbonyl (C=O) groups is 1. The van der Waals surface area contributed by atoms with E-state index in [4.69, 9.17) is 4.42 Å². The summed E-state index contributed by atoms with van der Waals surface area (Å²) in [5.74, 6) is 0.901. The van der Waals surface area contributed by atoms with Gasteiger partial charge >= 0.3 is 0 Å². The summed E-state index contributed by atoms with van der Waals surface area (Å²) < 4.78 is 5.27. The lowest BCUT2D eigenvalue weighted by Gasteiger charge is -2.40. The van der Waals surface area contributed by atoms with Gasteiger partial charge < -0.3 is 14.4 Å². The second-order valence-corrected chi connectivity index (χ2v) is 6.26. The van der Waals surface area contributed by atoms with Gasteiger partial charge in [-0.2, -0.15) is 0 Å². The second-order valence-electron chi connectivity index (χ2n) is 6.26. The highest BCUT2D eigenvalue weighted by molar-refractivity contribution is 5.77. The largest absolute Gasteiger partial charge is 0.467 e. The van der Waals surface area contributed by atoms with Crippen LogP contribution >= 0.6 is 0 Å². The third kappa shape index (κ3) is 4.83. The molecule has 6 nitrogen and oxygen atoms in total. The molecule has 0 saturated carbocycles. The molecule has 1 fully saturated rings. The zero-order chi connectivity index (χ0) is 16.1. The Hall–Kier alpha value is -1.37. The summed E-state index contributed by atoms with van der Waals surface area (Å²) in [5, 5.41) is 9.50. The van der Waals surface area contributed by atoms with E-state index in [2.05, 4.69) is 16.7 Å². The van der Waals surface area contributed by atoms with Gasteiger partial charge in [-0.25, -0.2) is 0 Å². The van der Waals surface area contributed by atoms with E-state index in [0.29, 0.717) is 25.7 Å². The van der Waals surface area contributed by atoms with Gasteiger partial charge in [0.25, 0.3) is 0 Å².